The van der Waals surface area contributed by atoms with E-state index in [0.29, 0.717) is 12.2 Å². The van der Waals surface area contributed by atoms with Crippen molar-refractivity contribution >= 4 is 5.91 Å². The summed E-state index contributed by atoms with van der Waals surface area (Å²) in [5, 5.41) is 0. The van der Waals surface area contributed by atoms with Crippen LogP contribution in [-0.2, 0) is 17.8 Å². The fourth-order valence-electron chi connectivity index (χ4n) is 2.76. The van der Waals surface area contributed by atoms with Crippen LogP contribution in [0.1, 0.15) is 11.1 Å². The number of likely N-dealkylation sites (N-methyl/N-ethyl adjacent to an activating group) is 1. The molecular formula is C18H16F3NO3. The summed E-state index contributed by atoms with van der Waals surface area (Å²) in [7, 11) is 1.53. The van der Waals surface area contributed by atoms with Gasteiger partial charge in [-0.25, -0.2) is 0 Å². The maximum absolute atomic E-state index is 12.6. The minimum absolute atomic E-state index is 0.0126. The summed E-state index contributed by atoms with van der Waals surface area (Å²) >= 11 is 0. The Morgan fingerprint density at radius 1 is 1.20 bits per heavy atom. The van der Waals surface area contributed by atoms with Crippen molar-refractivity contribution in [1.29, 1.82) is 0 Å². The molecule has 0 aliphatic carbocycles. The molecule has 2 aromatic carbocycles. The highest BCUT2D eigenvalue weighted by molar-refractivity contribution is 5.82. The average molecular weight is 351 g/mol. The lowest BCUT2D eigenvalue weighted by molar-refractivity contribution is -0.275. The van der Waals surface area contributed by atoms with Crippen molar-refractivity contribution in [2.75, 3.05) is 7.05 Å². The Morgan fingerprint density at radius 2 is 1.88 bits per heavy atom. The van der Waals surface area contributed by atoms with E-state index in [0.717, 1.165) is 5.56 Å². The molecule has 3 rings (SSSR count). The van der Waals surface area contributed by atoms with Gasteiger partial charge in [0, 0.05) is 25.6 Å². The number of hydrogen-bond acceptors (Lipinski definition) is 3. The summed E-state index contributed by atoms with van der Waals surface area (Å²) in [6, 6.07) is 13.1. The van der Waals surface area contributed by atoms with Crippen molar-refractivity contribution < 1.29 is 27.4 Å². The van der Waals surface area contributed by atoms with Crippen molar-refractivity contribution in [2.45, 2.75) is 25.4 Å². The van der Waals surface area contributed by atoms with Gasteiger partial charge in [-0.15, -0.1) is 13.2 Å². The summed E-state index contributed by atoms with van der Waals surface area (Å²) < 4.78 is 47.1. The minimum atomic E-state index is -4.78. The van der Waals surface area contributed by atoms with E-state index in [1.807, 2.05) is 18.2 Å². The second-order valence-corrected chi connectivity index (χ2v) is 5.77. The van der Waals surface area contributed by atoms with E-state index in [-0.39, 0.29) is 23.8 Å². The zero-order valence-corrected chi connectivity index (χ0v) is 13.4. The first-order chi connectivity index (χ1) is 11.8. The predicted octanol–water partition coefficient (Wildman–Crippen LogP) is 3.55. The first-order valence-electron chi connectivity index (χ1n) is 7.66. The Balaban J connectivity index is 1.69. The second kappa shape index (κ2) is 6.66. The van der Waals surface area contributed by atoms with E-state index in [2.05, 4.69) is 4.74 Å². The minimum Gasteiger partial charge on any atom is -0.480 e. The average Bonchev–Trinajstić information content (AvgIpc) is 2.98. The number of rotatable bonds is 4. The van der Waals surface area contributed by atoms with Crippen LogP contribution in [0.4, 0.5) is 13.2 Å². The van der Waals surface area contributed by atoms with Crippen LogP contribution >= 0.6 is 0 Å². The molecule has 132 valence electrons. The number of alkyl halides is 3. The van der Waals surface area contributed by atoms with Crippen LogP contribution in [0.2, 0.25) is 0 Å². The number of halogens is 3. The fourth-order valence-corrected chi connectivity index (χ4v) is 2.76. The Hall–Kier alpha value is -2.70. The monoisotopic (exact) mass is 351 g/mol. The number of nitrogens with zero attached hydrogens (tertiary/aromatic N) is 1. The van der Waals surface area contributed by atoms with E-state index < -0.39 is 12.5 Å². The molecule has 4 nitrogen and oxygen atoms in total. The summed E-state index contributed by atoms with van der Waals surface area (Å²) in [4.78, 5) is 13.9. The Kier molecular flexibility index (Phi) is 4.57. The molecule has 0 N–H and O–H groups in total. The highest BCUT2D eigenvalue weighted by Crippen LogP contribution is 2.30. The summed E-state index contributed by atoms with van der Waals surface area (Å²) in [6.45, 7) is -0.0126. The van der Waals surface area contributed by atoms with Crippen LogP contribution in [0.5, 0.6) is 11.5 Å². The maximum Gasteiger partial charge on any atom is 0.573 e. The predicted molar refractivity (Wildman–Crippen MR) is 84.2 cm³/mol. The molecular weight excluding hydrogens is 335 g/mol. The third kappa shape index (κ3) is 4.04. The first kappa shape index (κ1) is 17.1. The van der Waals surface area contributed by atoms with Gasteiger partial charge >= 0.3 is 6.36 Å². The van der Waals surface area contributed by atoms with Crippen LogP contribution < -0.4 is 9.47 Å². The van der Waals surface area contributed by atoms with E-state index in [4.69, 9.17) is 4.74 Å². The molecule has 25 heavy (non-hydrogen) atoms. The van der Waals surface area contributed by atoms with Gasteiger partial charge in [0.25, 0.3) is 5.91 Å². The number of carbonyl (C=O) groups excluding carboxylic acids is 1. The van der Waals surface area contributed by atoms with Crippen molar-refractivity contribution in [3.05, 3.63) is 59.7 Å². The third-order valence-electron chi connectivity index (χ3n) is 3.90. The van der Waals surface area contributed by atoms with Gasteiger partial charge in [-0.3, -0.25) is 4.79 Å². The second-order valence-electron chi connectivity index (χ2n) is 5.77. The molecule has 1 heterocycles. The lowest BCUT2D eigenvalue weighted by Gasteiger charge is -2.22. The molecule has 7 heteroatoms. The summed E-state index contributed by atoms with van der Waals surface area (Å²) in [6.07, 6.45) is -5.01. The van der Waals surface area contributed by atoms with E-state index in [9.17, 15) is 18.0 Å². The number of fused-ring (bicyclic) bond motifs is 1. The molecule has 2 aromatic rings. The molecule has 0 bridgehead atoms. The van der Waals surface area contributed by atoms with Crippen molar-refractivity contribution in [3.8, 4) is 11.5 Å². The van der Waals surface area contributed by atoms with E-state index in [1.165, 1.54) is 30.1 Å². The molecule has 1 unspecified atom stereocenters. The molecule has 0 spiro atoms. The molecule has 1 amide bonds. The number of hydrogen-bond donors (Lipinski definition) is 0. The SMILES string of the molecule is CN(Cc1ccccc1OC(F)(F)F)C(=O)C1Cc2ccccc2O1. The van der Waals surface area contributed by atoms with Crippen LogP contribution in [-0.4, -0.2) is 30.3 Å². The number of benzene rings is 2. The van der Waals surface area contributed by atoms with Crippen molar-refractivity contribution in [2.24, 2.45) is 0 Å². The van der Waals surface area contributed by atoms with Gasteiger partial charge in [-0.05, 0) is 17.7 Å². The highest BCUT2D eigenvalue weighted by Gasteiger charge is 2.33. The van der Waals surface area contributed by atoms with Crippen LogP contribution in [0.25, 0.3) is 0 Å². The quantitative estimate of drug-likeness (QED) is 0.846. The summed E-state index contributed by atoms with van der Waals surface area (Å²) in [5.74, 6) is 0.0540. The smallest absolute Gasteiger partial charge is 0.480 e. The van der Waals surface area contributed by atoms with Gasteiger partial charge in [0.2, 0.25) is 0 Å². The molecule has 0 radical (unpaired) electrons. The molecule has 1 atom stereocenters. The normalized spacial score (nSPS) is 16.1. The summed E-state index contributed by atoms with van der Waals surface area (Å²) in [5.41, 5.74) is 1.21. The van der Waals surface area contributed by atoms with E-state index in [1.54, 1.807) is 12.1 Å². The Bertz CT molecular complexity index is 751. The Morgan fingerprint density at radius 3 is 2.60 bits per heavy atom. The van der Waals surface area contributed by atoms with Gasteiger partial charge in [0.05, 0.1) is 0 Å². The maximum atomic E-state index is 12.6. The number of para-hydroxylation sites is 2. The van der Waals surface area contributed by atoms with Crippen LogP contribution in [0.3, 0.4) is 0 Å². The zero-order valence-electron chi connectivity index (χ0n) is 13.4. The van der Waals surface area contributed by atoms with Crippen LogP contribution in [0.15, 0.2) is 48.5 Å². The largest absolute Gasteiger partial charge is 0.573 e. The lowest BCUT2D eigenvalue weighted by atomic mass is 10.1. The van der Waals surface area contributed by atoms with Crippen molar-refractivity contribution in [3.63, 3.8) is 0 Å². The number of amides is 1. The number of ether oxygens (including phenoxy) is 2. The van der Waals surface area contributed by atoms with Gasteiger partial charge < -0.3 is 14.4 Å². The van der Waals surface area contributed by atoms with Gasteiger partial charge in [-0.2, -0.15) is 0 Å². The van der Waals surface area contributed by atoms with Gasteiger partial charge in [0.1, 0.15) is 11.5 Å². The van der Waals surface area contributed by atoms with Gasteiger partial charge in [0.15, 0.2) is 6.10 Å². The molecule has 0 aromatic heterocycles. The van der Waals surface area contributed by atoms with Gasteiger partial charge in [-0.1, -0.05) is 36.4 Å². The standard InChI is InChI=1S/C18H16F3NO3/c1-22(11-13-7-3-5-9-15(13)25-18(19,20)21)17(23)16-10-12-6-2-4-8-14(12)24-16/h2-9,16H,10-11H2,1H3. The topological polar surface area (TPSA) is 38.8 Å². The third-order valence-corrected chi connectivity index (χ3v) is 3.90. The van der Waals surface area contributed by atoms with Crippen LogP contribution in [0, 0.1) is 0 Å². The Labute approximate surface area is 142 Å². The van der Waals surface area contributed by atoms with Crippen molar-refractivity contribution in [1.82, 2.24) is 4.90 Å². The molecule has 0 saturated carbocycles. The molecule has 0 fully saturated rings. The first-order valence-corrected chi connectivity index (χ1v) is 7.66. The molecule has 1 aliphatic rings. The lowest BCUT2D eigenvalue weighted by Crippen LogP contribution is -2.38. The zero-order chi connectivity index (χ0) is 18.0. The molecule has 1 aliphatic heterocycles. The fraction of sp³-hybridized carbons (Fsp3) is 0.278. The highest BCUT2D eigenvalue weighted by atomic mass is 19.4. The number of carbonyl (C=O) groups is 1. The molecule has 0 saturated heterocycles. The van der Waals surface area contributed by atoms with E-state index >= 15 is 0 Å².